The number of methoxy groups -OCH3 is 2. The molecule has 3 fully saturated rings. The maximum absolute atomic E-state index is 13.4. The molecular weight excluding hydrogens is 812 g/mol. The number of aliphatic hydroxyl groups excluding tert-OH is 2. The molecule has 350 valence electrons. The number of cyclic esters (lactones) is 1. The van der Waals surface area contributed by atoms with Crippen LogP contribution in [-0.4, -0.2) is 131 Å². The lowest BCUT2D eigenvalue weighted by atomic mass is 9.70. The Morgan fingerprint density at radius 1 is 0.839 bits per heavy atom. The molecule has 0 saturated carbocycles. The summed E-state index contributed by atoms with van der Waals surface area (Å²) < 4.78 is 46.9. The first-order valence-corrected chi connectivity index (χ1v) is 21.6. The Bertz CT molecular complexity index is 1700. The van der Waals surface area contributed by atoms with Crippen LogP contribution in [0.2, 0.25) is 0 Å². The minimum Gasteiger partial charge on any atom is -0.466 e. The number of aliphatic hydroxyl groups is 4. The highest BCUT2D eigenvalue weighted by Gasteiger charge is 2.59. The van der Waals surface area contributed by atoms with Crippen LogP contribution in [0.1, 0.15) is 126 Å². The van der Waals surface area contributed by atoms with Gasteiger partial charge in [0.2, 0.25) is 5.79 Å². The third-order valence-electron chi connectivity index (χ3n) is 12.3. The molecule has 0 amide bonds. The Morgan fingerprint density at radius 3 is 2.08 bits per heavy atom. The summed E-state index contributed by atoms with van der Waals surface area (Å²) in [6, 6.07) is 0. The van der Waals surface area contributed by atoms with Crippen molar-refractivity contribution in [2.24, 2.45) is 10.8 Å². The van der Waals surface area contributed by atoms with Crippen molar-refractivity contribution in [1.82, 2.24) is 0 Å². The van der Waals surface area contributed by atoms with Gasteiger partial charge in [0.15, 0.2) is 11.9 Å². The van der Waals surface area contributed by atoms with E-state index >= 15 is 0 Å². The molecular formula is C45H68O17. The van der Waals surface area contributed by atoms with Crippen LogP contribution >= 0.6 is 0 Å². The SMILES string of the molecule is CCCC(=O)OC1CC2CC(O)CC(=O)OC(C(C)O)CC3CC(=CC(=O)OC)C(OC(=O)CCC)C(O)(O3)C(C)(C)C=CC3CC(=CC(=O)OC)CC(CC(O)(O2)C1(C)C)O3. The van der Waals surface area contributed by atoms with E-state index in [4.69, 9.17) is 37.9 Å². The van der Waals surface area contributed by atoms with Gasteiger partial charge in [0, 0.05) is 56.1 Å². The van der Waals surface area contributed by atoms with Gasteiger partial charge in [-0.3, -0.25) is 14.4 Å². The highest BCUT2D eigenvalue weighted by atomic mass is 16.7. The Kier molecular flexibility index (Phi) is 17.5. The molecule has 0 radical (unpaired) electrons. The Labute approximate surface area is 364 Å². The number of ether oxygens (including phenoxy) is 8. The quantitative estimate of drug-likeness (QED) is 0.111. The maximum Gasteiger partial charge on any atom is 0.330 e. The minimum atomic E-state index is -2.41. The van der Waals surface area contributed by atoms with Crippen molar-refractivity contribution < 1.29 is 82.3 Å². The molecule has 11 atom stereocenters. The van der Waals surface area contributed by atoms with Gasteiger partial charge in [-0.2, -0.15) is 0 Å². The molecule has 6 bridgehead atoms. The summed E-state index contributed by atoms with van der Waals surface area (Å²) in [6.07, 6.45) is -3.83. The molecule has 4 N–H and O–H groups in total. The molecule has 3 saturated heterocycles. The fourth-order valence-corrected chi connectivity index (χ4v) is 8.56. The lowest BCUT2D eigenvalue weighted by molar-refractivity contribution is -0.348. The van der Waals surface area contributed by atoms with Gasteiger partial charge in [0.1, 0.15) is 12.2 Å². The average Bonchev–Trinajstić information content (AvgIpc) is 3.16. The molecule has 0 aromatic carbocycles. The zero-order chi connectivity index (χ0) is 46.2. The molecule has 0 aromatic heterocycles. The van der Waals surface area contributed by atoms with Crippen LogP contribution in [0, 0.1) is 10.8 Å². The van der Waals surface area contributed by atoms with Gasteiger partial charge in [-0.05, 0) is 44.6 Å². The van der Waals surface area contributed by atoms with Gasteiger partial charge in [0.25, 0.3) is 0 Å². The average molecular weight is 881 g/mol. The van der Waals surface area contributed by atoms with E-state index < -0.39 is 114 Å². The summed E-state index contributed by atoms with van der Waals surface area (Å²) in [5, 5.41) is 47.5. The number of rotatable bonds is 9. The molecule has 0 aliphatic carbocycles. The highest BCUT2D eigenvalue weighted by molar-refractivity contribution is 5.83. The van der Waals surface area contributed by atoms with Gasteiger partial charge in [0.05, 0.1) is 62.7 Å². The zero-order valence-corrected chi connectivity index (χ0v) is 37.6. The highest BCUT2D eigenvalue weighted by Crippen LogP contribution is 2.50. The molecule has 17 heteroatoms. The second kappa shape index (κ2) is 21.3. The van der Waals surface area contributed by atoms with E-state index in [1.54, 1.807) is 46.8 Å². The monoisotopic (exact) mass is 880 g/mol. The van der Waals surface area contributed by atoms with E-state index in [2.05, 4.69) is 0 Å². The van der Waals surface area contributed by atoms with Crippen LogP contribution in [0.3, 0.4) is 0 Å². The predicted molar refractivity (Wildman–Crippen MR) is 219 cm³/mol. The number of hydrogen-bond donors (Lipinski definition) is 4. The van der Waals surface area contributed by atoms with Crippen LogP contribution in [0.15, 0.2) is 35.5 Å². The van der Waals surface area contributed by atoms with E-state index in [9.17, 15) is 44.4 Å². The fraction of sp³-hybridized carbons (Fsp3) is 0.756. The Hall–Kier alpha value is -3.71. The molecule has 0 spiro atoms. The van der Waals surface area contributed by atoms with Crippen LogP contribution in [-0.2, 0) is 61.9 Å². The largest absolute Gasteiger partial charge is 0.466 e. The van der Waals surface area contributed by atoms with Gasteiger partial charge in [-0.1, -0.05) is 59.3 Å². The number of esters is 5. The molecule has 0 aromatic rings. The first-order valence-electron chi connectivity index (χ1n) is 21.6. The Morgan fingerprint density at radius 2 is 1.47 bits per heavy atom. The molecule has 4 rings (SSSR count). The van der Waals surface area contributed by atoms with Crippen molar-refractivity contribution in [3.05, 3.63) is 35.5 Å². The lowest BCUT2D eigenvalue weighted by Gasteiger charge is -2.53. The summed E-state index contributed by atoms with van der Waals surface area (Å²) >= 11 is 0. The normalized spacial score (nSPS) is 35.8. The van der Waals surface area contributed by atoms with Crippen LogP contribution in [0.4, 0.5) is 0 Å². The second-order valence-corrected chi connectivity index (χ2v) is 18.1. The number of fused-ring (bicyclic) bond motifs is 6. The smallest absolute Gasteiger partial charge is 0.330 e. The zero-order valence-electron chi connectivity index (χ0n) is 37.6. The third kappa shape index (κ3) is 12.5. The van der Waals surface area contributed by atoms with Crippen molar-refractivity contribution in [1.29, 1.82) is 0 Å². The van der Waals surface area contributed by atoms with Gasteiger partial charge < -0.3 is 58.3 Å². The van der Waals surface area contributed by atoms with Gasteiger partial charge in [-0.25, -0.2) is 9.59 Å². The number of carbonyl (C=O) groups is 5. The first kappa shape index (κ1) is 50.9. The summed E-state index contributed by atoms with van der Waals surface area (Å²) in [5.41, 5.74) is -1.95. The summed E-state index contributed by atoms with van der Waals surface area (Å²) in [4.78, 5) is 64.8. The van der Waals surface area contributed by atoms with Crippen molar-refractivity contribution in [2.45, 2.75) is 192 Å². The minimum absolute atomic E-state index is 0.00811. The molecule has 17 nitrogen and oxygen atoms in total. The number of hydrogen-bond acceptors (Lipinski definition) is 17. The Balaban J connectivity index is 1.89. The van der Waals surface area contributed by atoms with E-state index in [-0.39, 0.29) is 63.4 Å². The fourth-order valence-electron chi connectivity index (χ4n) is 8.56. The molecule has 4 aliphatic heterocycles. The standard InChI is InChI=1S/C45H68O17/c1-10-12-36(48)59-35-24-32-21-29(47)22-40(52)58-34(26(3)46)23-31-19-28(20-39(51)56-9)41(60-37(49)13-11-2)45(54,62-31)42(4,5)15-14-30-16-27(18-38(50)55-8)17-33(57-30)25-44(53,61-32)43(35,6)7/h14-15,18,20,26,29-35,41,46-47,53-54H,10-13,16-17,19,21-25H2,1-9H3. The topological polar surface area (TPSA) is 240 Å². The van der Waals surface area contributed by atoms with Crippen molar-refractivity contribution in [2.75, 3.05) is 14.2 Å². The van der Waals surface area contributed by atoms with Crippen molar-refractivity contribution >= 4 is 29.8 Å². The van der Waals surface area contributed by atoms with Crippen LogP contribution in [0.5, 0.6) is 0 Å². The summed E-state index contributed by atoms with van der Waals surface area (Å²) in [5.74, 6) is -7.88. The van der Waals surface area contributed by atoms with E-state index in [0.717, 1.165) is 6.08 Å². The molecule has 62 heavy (non-hydrogen) atoms. The first-order chi connectivity index (χ1) is 29.0. The summed E-state index contributed by atoms with van der Waals surface area (Å²) in [6.45, 7) is 11.7. The third-order valence-corrected chi connectivity index (χ3v) is 12.3. The van der Waals surface area contributed by atoms with Gasteiger partial charge >= 0.3 is 29.8 Å². The van der Waals surface area contributed by atoms with E-state index in [0.29, 0.717) is 18.4 Å². The number of carbonyl (C=O) groups excluding carboxylic acids is 5. The predicted octanol–water partition coefficient (Wildman–Crippen LogP) is 3.95. The molecule has 4 aliphatic rings. The second-order valence-electron chi connectivity index (χ2n) is 18.1. The lowest BCUT2D eigenvalue weighted by Crippen LogP contribution is -2.62. The van der Waals surface area contributed by atoms with Crippen LogP contribution in [0.25, 0.3) is 0 Å². The van der Waals surface area contributed by atoms with Crippen molar-refractivity contribution in [3.8, 4) is 0 Å². The van der Waals surface area contributed by atoms with Crippen molar-refractivity contribution in [3.63, 3.8) is 0 Å². The molecule has 11 unspecified atom stereocenters. The van der Waals surface area contributed by atoms with E-state index in [1.807, 2.05) is 6.92 Å². The molecule has 4 heterocycles. The van der Waals surface area contributed by atoms with Gasteiger partial charge in [-0.15, -0.1) is 0 Å². The van der Waals surface area contributed by atoms with Crippen LogP contribution < -0.4 is 0 Å². The van der Waals surface area contributed by atoms with E-state index in [1.165, 1.54) is 27.2 Å². The maximum atomic E-state index is 13.4. The summed E-state index contributed by atoms with van der Waals surface area (Å²) in [7, 11) is 2.42.